The van der Waals surface area contributed by atoms with Crippen molar-refractivity contribution in [2.75, 3.05) is 12.4 Å². The van der Waals surface area contributed by atoms with Gasteiger partial charge in [0, 0.05) is 11.9 Å². The lowest BCUT2D eigenvalue weighted by molar-refractivity contribution is -0.150. The van der Waals surface area contributed by atoms with E-state index >= 15 is 0 Å². The number of carbonyl (C=O) groups is 2. The molecule has 1 aliphatic carbocycles. The lowest BCUT2D eigenvalue weighted by Crippen LogP contribution is -2.33. The molecular weight excluding hydrogens is 386 g/mol. The van der Waals surface area contributed by atoms with Crippen LogP contribution in [0.3, 0.4) is 0 Å². The lowest BCUT2D eigenvalue weighted by Gasteiger charge is -2.14. The quantitative estimate of drug-likeness (QED) is 0.571. The number of primary amides is 1. The van der Waals surface area contributed by atoms with Crippen LogP contribution in [0, 0.1) is 0 Å². The normalized spacial score (nSPS) is 15.5. The zero-order chi connectivity index (χ0) is 20.8. The zero-order valence-electron chi connectivity index (χ0n) is 16.5. The summed E-state index contributed by atoms with van der Waals surface area (Å²) in [6.07, 6.45) is 8.40. The van der Waals surface area contributed by atoms with Crippen molar-refractivity contribution in [1.82, 2.24) is 0 Å². The van der Waals surface area contributed by atoms with E-state index in [4.69, 9.17) is 16.2 Å². The van der Waals surface area contributed by atoms with E-state index in [1.807, 2.05) is 36.4 Å². The molecule has 5 N–H and O–H groups in total. The van der Waals surface area contributed by atoms with Crippen LogP contribution in [0.5, 0.6) is 0 Å². The smallest absolute Gasteiger partial charge is 0.323 e. The average Bonchev–Trinajstić information content (AvgIpc) is 3.37. The van der Waals surface area contributed by atoms with Gasteiger partial charge in [-0.05, 0) is 55.4 Å². The van der Waals surface area contributed by atoms with Gasteiger partial charge >= 0.3 is 5.97 Å². The van der Waals surface area contributed by atoms with Gasteiger partial charge in [0.2, 0.25) is 0 Å². The molecule has 1 aromatic carbocycles. The maximum Gasteiger partial charge on any atom is 0.323 e. The molecule has 0 spiro atoms. The van der Waals surface area contributed by atoms with Crippen LogP contribution >= 0.6 is 11.3 Å². The van der Waals surface area contributed by atoms with E-state index in [2.05, 4.69) is 5.32 Å². The van der Waals surface area contributed by atoms with Crippen LogP contribution in [0.2, 0.25) is 0 Å². The number of hydrogen-bond donors (Lipinski definition) is 3. The van der Waals surface area contributed by atoms with Crippen LogP contribution in [0.1, 0.15) is 48.0 Å². The minimum absolute atomic E-state index is 0.0350. The standard InChI is InChI=1S/C22H27N3O3S/c1-25-21-17(20(24)26)13-19(29-21)15-8-4-6-14(12-15)7-5-11-18(23)22(27)28-16-9-2-3-10-16/h4-8,12-13,16,18,25H,2-3,9-11,23H2,1H3,(H2,24,26)/b7-5+. The largest absolute Gasteiger partial charge is 0.461 e. The number of nitrogens with one attached hydrogen (secondary N) is 1. The van der Waals surface area contributed by atoms with Crippen LogP contribution in [0.25, 0.3) is 16.5 Å². The summed E-state index contributed by atoms with van der Waals surface area (Å²) < 4.78 is 5.46. The van der Waals surface area contributed by atoms with E-state index in [9.17, 15) is 9.59 Å². The molecule has 1 fully saturated rings. The number of rotatable bonds is 8. The van der Waals surface area contributed by atoms with Gasteiger partial charge < -0.3 is 21.5 Å². The molecule has 1 unspecified atom stereocenters. The number of benzene rings is 1. The van der Waals surface area contributed by atoms with E-state index in [0.717, 1.165) is 46.7 Å². The summed E-state index contributed by atoms with van der Waals surface area (Å²) in [6, 6.07) is 9.09. The second-order valence-electron chi connectivity index (χ2n) is 7.18. The SMILES string of the molecule is CNc1sc(-c2cccc(/C=C/CC(N)C(=O)OC3CCCC3)c2)cc1C(N)=O. The first kappa shape index (κ1) is 21.1. The van der Waals surface area contributed by atoms with E-state index in [0.29, 0.717) is 12.0 Å². The summed E-state index contributed by atoms with van der Waals surface area (Å²) in [5.74, 6) is -0.779. The molecule has 1 amide bonds. The molecule has 1 atom stereocenters. The van der Waals surface area contributed by atoms with Gasteiger partial charge in [-0.15, -0.1) is 11.3 Å². The van der Waals surface area contributed by atoms with Gasteiger partial charge in [-0.2, -0.15) is 0 Å². The fourth-order valence-corrected chi connectivity index (χ4v) is 4.42. The van der Waals surface area contributed by atoms with Gasteiger partial charge in [-0.3, -0.25) is 9.59 Å². The van der Waals surface area contributed by atoms with Crippen LogP contribution in [-0.4, -0.2) is 31.1 Å². The van der Waals surface area contributed by atoms with Crippen molar-refractivity contribution in [3.8, 4) is 10.4 Å². The predicted octanol–water partition coefficient (Wildman–Crippen LogP) is 3.77. The highest BCUT2D eigenvalue weighted by Crippen LogP contribution is 2.35. The topological polar surface area (TPSA) is 107 Å². The summed E-state index contributed by atoms with van der Waals surface area (Å²) in [5, 5.41) is 3.76. The molecule has 6 nitrogen and oxygen atoms in total. The average molecular weight is 414 g/mol. The van der Waals surface area contributed by atoms with Crippen LogP contribution in [0.15, 0.2) is 36.4 Å². The number of carbonyl (C=O) groups excluding carboxylic acids is 2. The molecular formula is C22H27N3O3S. The molecule has 0 aliphatic heterocycles. The van der Waals surface area contributed by atoms with Crippen LogP contribution < -0.4 is 16.8 Å². The molecule has 1 heterocycles. The summed E-state index contributed by atoms with van der Waals surface area (Å²) in [6.45, 7) is 0. The third-order valence-electron chi connectivity index (χ3n) is 4.98. The van der Waals surface area contributed by atoms with Crippen LogP contribution in [0.4, 0.5) is 5.00 Å². The van der Waals surface area contributed by atoms with Gasteiger partial charge in [0.1, 0.15) is 17.1 Å². The van der Waals surface area contributed by atoms with E-state index in [-0.39, 0.29) is 12.1 Å². The molecule has 0 bridgehead atoms. The molecule has 1 aromatic heterocycles. The van der Waals surface area contributed by atoms with E-state index in [1.165, 1.54) is 11.3 Å². The number of ether oxygens (including phenoxy) is 1. The fraction of sp³-hybridized carbons (Fsp3) is 0.364. The summed E-state index contributed by atoms with van der Waals surface area (Å²) in [4.78, 5) is 24.6. The Labute approximate surface area is 174 Å². The number of amides is 1. The zero-order valence-corrected chi connectivity index (χ0v) is 17.3. The van der Waals surface area contributed by atoms with E-state index < -0.39 is 11.9 Å². The minimum atomic E-state index is -0.649. The Morgan fingerprint density at radius 2 is 2.07 bits per heavy atom. The Balaban J connectivity index is 1.63. The number of nitrogens with two attached hydrogens (primary N) is 2. The number of hydrogen-bond acceptors (Lipinski definition) is 6. The Bertz CT molecular complexity index is 900. The van der Waals surface area contributed by atoms with Crippen molar-refractivity contribution in [3.63, 3.8) is 0 Å². The number of esters is 1. The van der Waals surface area contributed by atoms with Crippen molar-refractivity contribution < 1.29 is 14.3 Å². The van der Waals surface area contributed by atoms with Crippen LogP contribution in [-0.2, 0) is 9.53 Å². The first-order valence-corrected chi connectivity index (χ1v) is 10.6. The van der Waals surface area contributed by atoms with Crippen molar-refractivity contribution in [1.29, 1.82) is 0 Å². The first-order valence-electron chi connectivity index (χ1n) is 9.82. The minimum Gasteiger partial charge on any atom is -0.461 e. The van der Waals surface area contributed by atoms with Gasteiger partial charge in [0.25, 0.3) is 5.91 Å². The Kier molecular flexibility index (Phi) is 7.06. The molecule has 2 aromatic rings. The maximum absolute atomic E-state index is 12.1. The molecule has 1 saturated carbocycles. The number of anilines is 1. The van der Waals surface area contributed by atoms with Gasteiger partial charge in [0.15, 0.2) is 0 Å². The highest BCUT2D eigenvalue weighted by Gasteiger charge is 2.22. The third-order valence-corrected chi connectivity index (χ3v) is 6.19. The predicted molar refractivity (Wildman–Crippen MR) is 118 cm³/mol. The van der Waals surface area contributed by atoms with Crippen molar-refractivity contribution in [2.24, 2.45) is 11.5 Å². The summed E-state index contributed by atoms with van der Waals surface area (Å²) in [5.41, 5.74) is 13.9. The van der Waals surface area contributed by atoms with Gasteiger partial charge in [-0.25, -0.2) is 0 Å². The van der Waals surface area contributed by atoms with Crippen molar-refractivity contribution >= 4 is 34.3 Å². The fourth-order valence-electron chi connectivity index (χ4n) is 3.40. The van der Waals surface area contributed by atoms with Gasteiger partial charge in [-0.1, -0.05) is 30.4 Å². The highest BCUT2D eigenvalue weighted by atomic mass is 32.1. The summed E-state index contributed by atoms with van der Waals surface area (Å²) in [7, 11) is 1.77. The molecule has 0 radical (unpaired) electrons. The number of thiophene rings is 1. The summed E-state index contributed by atoms with van der Waals surface area (Å²) >= 11 is 1.48. The van der Waals surface area contributed by atoms with Crippen molar-refractivity contribution in [3.05, 3.63) is 47.5 Å². The second kappa shape index (κ2) is 9.71. The van der Waals surface area contributed by atoms with E-state index in [1.54, 1.807) is 13.1 Å². The monoisotopic (exact) mass is 413 g/mol. The van der Waals surface area contributed by atoms with Gasteiger partial charge in [0.05, 0.1) is 5.56 Å². The molecule has 29 heavy (non-hydrogen) atoms. The Morgan fingerprint density at radius 1 is 1.31 bits per heavy atom. The molecule has 0 saturated heterocycles. The van der Waals surface area contributed by atoms with Crippen molar-refractivity contribution in [2.45, 2.75) is 44.2 Å². The molecule has 154 valence electrons. The third kappa shape index (κ3) is 5.46. The Morgan fingerprint density at radius 3 is 2.72 bits per heavy atom. The Hall–Kier alpha value is -2.64. The molecule has 3 rings (SSSR count). The second-order valence-corrected chi connectivity index (χ2v) is 8.23. The highest BCUT2D eigenvalue weighted by molar-refractivity contribution is 7.19. The first-order chi connectivity index (χ1) is 14.0. The molecule has 7 heteroatoms. The molecule has 1 aliphatic rings. The maximum atomic E-state index is 12.1. The lowest BCUT2D eigenvalue weighted by atomic mass is 10.1.